The molecule has 0 amide bonds. The maximum Gasteiger partial charge on any atom is 0.161 e. The van der Waals surface area contributed by atoms with Gasteiger partial charge >= 0.3 is 0 Å². The third kappa shape index (κ3) is 5.63. The summed E-state index contributed by atoms with van der Waals surface area (Å²) in [6.45, 7) is 11.8. The molecule has 114 valence electrons. The second kappa shape index (κ2) is 7.79. The molecule has 1 unspecified atom stereocenters. The molecule has 0 saturated carbocycles. The van der Waals surface area contributed by atoms with Crippen LogP contribution in [0.15, 0.2) is 18.2 Å². The largest absolute Gasteiger partial charge is 0.490 e. The zero-order valence-electron chi connectivity index (χ0n) is 13.2. The third-order valence-electron chi connectivity index (χ3n) is 2.69. The van der Waals surface area contributed by atoms with Crippen molar-refractivity contribution in [3.8, 4) is 11.5 Å². The lowest BCUT2D eigenvalue weighted by atomic mass is 10.1. The number of hydrogen-bond acceptors (Lipinski definition) is 4. The Balaban J connectivity index is 2.82. The van der Waals surface area contributed by atoms with Gasteiger partial charge < -0.3 is 15.2 Å². The van der Waals surface area contributed by atoms with Crippen molar-refractivity contribution < 1.29 is 9.47 Å². The summed E-state index contributed by atoms with van der Waals surface area (Å²) in [7, 11) is 0. The first-order valence-electron chi connectivity index (χ1n) is 7.16. The van der Waals surface area contributed by atoms with Crippen molar-refractivity contribution in [2.24, 2.45) is 5.73 Å². The standard InChI is InChI=1S/C16H27NO2S/c1-6-18-14-9-8-12(10-15(14)19-7-2)13(17)11-20-16(3,4)5/h8-10,13H,6-7,11,17H2,1-5H3. The van der Waals surface area contributed by atoms with Crippen LogP contribution in [0.5, 0.6) is 11.5 Å². The van der Waals surface area contributed by atoms with E-state index in [4.69, 9.17) is 15.2 Å². The van der Waals surface area contributed by atoms with Crippen LogP contribution in [-0.4, -0.2) is 23.7 Å². The summed E-state index contributed by atoms with van der Waals surface area (Å²) in [4.78, 5) is 0. The highest BCUT2D eigenvalue weighted by Gasteiger charge is 2.16. The molecule has 0 aliphatic carbocycles. The monoisotopic (exact) mass is 297 g/mol. The van der Waals surface area contributed by atoms with E-state index in [1.807, 2.05) is 43.8 Å². The number of rotatable bonds is 7. The van der Waals surface area contributed by atoms with Gasteiger partial charge in [-0.25, -0.2) is 0 Å². The number of hydrogen-bond donors (Lipinski definition) is 1. The van der Waals surface area contributed by atoms with Crippen LogP contribution in [0.25, 0.3) is 0 Å². The summed E-state index contributed by atoms with van der Waals surface area (Å²) in [5.41, 5.74) is 7.37. The van der Waals surface area contributed by atoms with E-state index in [0.29, 0.717) is 13.2 Å². The van der Waals surface area contributed by atoms with Gasteiger partial charge in [-0.15, -0.1) is 0 Å². The van der Waals surface area contributed by atoms with Gasteiger partial charge in [-0.3, -0.25) is 0 Å². The summed E-state index contributed by atoms with van der Waals surface area (Å²) in [6, 6.07) is 5.99. The molecule has 20 heavy (non-hydrogen) atoms. The lowest BCUT2D eigenvalue weighted by molar-refractivity contribution is 0.287. The number of thioether (sulfide) groups is 1. The van der Waals surface area contributed by atoms with Crippen molar-refractivity contribution in [1.82, 2.24) is 0 Å². The highest BCUT2D eigenvalue weighted by Crippen LogP contribution is 2.32. The molecule has 1 rings (SSSR count). The molecule has 0 aromatic heterocycles. The minimum Gasteiger partial charge on any atom is -0.490 e. The molecule has 0 bridgehead atoms. The molecule has 1 aromatic carbocycles. The van der Waals surface area contributed by atoms with Crippen LogP contribution in [0, 0.1) is 0 Å². The van der Waals surface area contributed by atoms with Crippen LogP contribution in [0.4, 0.5) is 0 Å². The van der Waals surface area contributed by atoms with E-state index in [1.54, 1.807) is 0 Å². The summed E-state index contributed by atoms with van der Waals surface area (Å²) >= 11 is 1.87. The fourth-order valence-electron chi connectivity index (χ4n) is 1.73. The van der Waals surface area contributed by atoms with E-state index in [-0.39, 0.29) is 10.8 Å². The summed E-state index contributed by atoms with van der Waals surface area (Å²) in [5.74, 6) is 2.46. The normalized spacial score (nSPS) is 13.1. The number of benzene rings is 1. The molecule has 4 heteroatoms. The lowest BCUT2D eigenvalue weighted by Crippen LogP contribution is -2.18. The zero-order valence-corrected chi connectivity index (χ0v) is 14.0. The molecule has 3 nitrogen and oxygen atoms in total. The smallest absolute Gasteiger partial charge is 0.161 e. The Kier molecular flexibility index (Phi) is 6.69. The highest BCUT2D eigenvalue weighted by molar-refractivity contribution is 8.00. The Labute approximate surface area is 127 Å². The van der Waals surface area contributed by atoms with Crippen molar-refractivity contribution in [2.45, 2.75) is 45.4 Å². The van der Waals surface area contributed by atoms with Crippen LogP contribution < -0.4 is 15.2 Å². The predicted octanol–water partition coefficient (Wildman–Crippen LogP) is 4.02. The van der Waals surface area contributed by atoms with Crippen molar-refractivity contribution in [3.05, 3.63) is 23.8 Å². The van der Waals surface area contributed by atoms with Gasteiger partial charge in [0.2, 0.25) is 0 Å². The Morgan fingerprint density at radius 2 is 1.70 bits per heavy atom. The Hall–Kier alpha value is -0.870. The molecule has 0 fully saturated rings. The minimum atomic E-state index is 0.00843. The molecule has 0 spiro atoms. The average Bonchev–Trinajstić information content (AvgIpc) is 2.37. The van der Waals surface area contributed by atoms with E-state index in [9.17, 15) is 0 Å². The van der Waals surface area contributed by atoms with E-state index in [2.05, 4.69) is 20.8 Å². The van der Waals surface area contributed by atoms with Gasteiger partial charge in [-0.2, -0.15) is 11.8 Å². The van der Waals surface area contributed by atoms with Crippen molar-refractivity contribution in [3.63, 3.8) is 0 Å². The molecule has 0 aliphatic heterocycles. The zero-order chi connectivity index (χ0) is 15.2. The van der Waals surface area contributed by atoms with Gasteiger partial charge in [-0.1, -0.05) is 26.8 Å². The SMILES string of the molecule is CCOc1ccc(C(N)CSC(C)(C)C)cc1OCC. The van der Waals surface area contributed by atoms with Crippen LogP contribution in [0.2, 0.25) is 0 Å². The molecule has 0 saturated heterocycles. The molecule has 1 atom stereocenters. The Morgan fingerprint density at radius 1 is 1.10 bits per heavy atom. The fourth-order valence-corrected chi connectivity index (χ4v) is 2.61. The van der Waals surface area contributed by atoms with Gasteiger partial charge in [0, 0.05) is 16.5 Å². The second-order valence-electron chi connectivity index (χ2n) is 5.60. The van der Waals surface area contributed by atoms with Gasteiger partial charge in [0.15, 0.2) is 11.5 Å². The molecule has 2 N–H and O–H groups in total. The van der Waals surface area contributed by atoms with Gasteiger partial charge in [0.25, 0.3) is 0 Å². The van der Waals surface area contributed by atoms with Gasteiger partial charge in [0.05, 0.1) is 13.2 Å². The molecule has 1 aromatic rings. The van der Waals surface area contributed by atoms with Gasteiger partial charge in [-0.05, 0) is 31.5 Å². The van der Waals surface area contributed by atoms with E-state index < -0.39 is 0 Å². The summed E-state index contributed by atoms with van der Waals surface area (Å²) in [5, 5.41) is 0. The highest BCUT2D eigenvalue weighted by atomic mass is 32.2. The van der Waals surface area contributed by atoms with Crippen molar-refractivity contribution >= 4 is 11.8 Å². The minimum absolute atomic E-state index is 0.00843. The van der Waals surface area contributed by atoms with E-state index in [1.165, 1.54) is 0 Å². The first kappa shape index (κ1) is 17.2. The van der Waals surface area contributed by atoms with E-state index >= 15 is 0 Å². The first-order valence-corrected chi connectivity index (χ1v) is 8.15. The Morgan fingerprint density at radius 3 is 2.25 bits per heavy atom. The first-order chi connectivity index (χ1) is 9.37. The third-order valence-corrected chi connectivity index (χ3v) is 4.08. The Bertz CT molecular complexity index is 415. The lowest BCUT2D eigenvalue weighted by Gasteiger charge is -2.21. The fraction of sp³-hybridized carbons (Fsp3) is 0.625. The predicted molar refractivity (Wildman–Crippen MR) is 87.9 cm³/mol. The van der Waals surface area contributed by atoms with Crippen LogP contribution >= 0.6 is 11.8 Å². The topological polar surface area (TPSA) is 44.5 Å². The number of nitrogens with two attached hydrogens (primary N) is 1. The van der Waals surface area contributed by atoms with E-state index in [0.717, 1.165) is 22.8 Å². The maximum atomic E-state index is 6.27. The van der Waals surface area contributed by atoms with Gasteiger partial charge in [0.1, 0.15) is 0 Å². The van der Waals surface area contributed by atoms with Crippen molar-refractivity contribution in [2.75, 3.05) is 19.0 Å². The maximum absolute atomic E-state index is 6.27. The molecule has 0 heterocycles. The molecule has 0 radical (unpaired) electrons. The van der Waals surface area contributed by atoms with Crippen LogP contribution in [0.1, 0.15) is 46.2 Å². The van der Waals surface area contributed by atoms with Crippen LogP contribution in [0.3, 0.4) is 0 Å². The number of ether oxygens (including phenoxy) is 2. The van der Waals surface area contributed by atoms with Crippen molar-refractivity contribution in [1.29, 1.82) is 0 Å². The quantitative estimate of drug-likeness (QED) is 0.825. The molecule has 0 aliphatic rings. The average molecular weight is 297 g/mol. The second-order valence-corrected chi connectivity index (χ2v) is 7.45. The summed E-state index contributed by atoms with van der Waals surface area (Å²) in [6.07, 6.45) is 0. The summed E-state index contributed by atoms with van der Waals surface area (Å²) < 4.78 is 11.4. The molecular weight excluding hydrogens is 270 g/mol. The van der Waals surface area contributed by atoms with Crippen LogP contribution in [-0.2, 0) is 0 Å². The molecular formula is C16H27NO2S.